The maximum atomic E-state index is 11.4. The Morgan fingerprint density at radius 2 is 1.87 bits per heavy atom. The van der Waals surface area contributed by atoms with Gasteiger partial charge in [0.2, 0.25) is 0 Å². The van der Waals surface area contributed by atoms with Crippen molar-refractivity contribution in [2.45, 2.75) is 46.5 Å². The van der Waals surface area contributed by atoms with Gasteiger partial charge in [-0.2, -0.15) is 0 Å². The summed E-state index contributed by atoms with van der Waals surface area (Å²) in [5, 5.41) is 9.35. The molecule has 1 aliphatic rings. The Labute approximate surface area is 92.0 Å². The summed E-state index contributed by atoms with van der Waals surface area (Å²) < 4.78 is 0. The van der Waals surface area contributed by atoms with Gasteiger partial charge in [-0.05, 0) is 37.0 Å². The molecule has 0 radical (unpaired) electrons. The molecule has 1 fully saturated rings. The quantitative estimate of drug-likeness (QED) is 0.736. The Bertz CT molecular complexity index is 240. The first kappa shape index (κ1) is 12.5. The van der Waals surface area contributed by atoms with Crippen molar-refractivity contribution in [1.82, 2.24) is 0 Å². The van der Waals surface area contributed by atoms with Crippen LogP contribution in [-0.4, -0.2) is 17.6 Å². The molecule has 0 spiro atoms. The highest BCUT2D eigenvalue weighted by atomic mass is 16.4. The Morgan fingerprint density at radius 3 is 2.13 bits per heavy atom. The number of hydrogen-bond donors (Lipinski definition) is 2. The monoisotopic (exact) mass is 213 g/mol. The smallest absolute Gasteiger partial charge is 0.311 e. The van der Waals surface area contributed by atoms with Crippen molar-refractivity contribution in [3.05, 3.63) is 0 Å². The molecule has 15 heavy (non-hydrogen) atoms. The van der Waals surface area contributed by atoms with E-state index >= 15 is 0 Å². The summed E-state index contributed by atoms with van der Waals surface area (Å²) in [4.78, 5) is 11.4. The molecule has 0 amide bonds. The lowest BCUT2D eigenvalue weighted by Crippen LogP contribution is -2.41. The van der Waals surface area contributed by atoms with Gasteiger partial charge in [0.1, 0.15) is 0 Å². The van der Waals surface area contributed by atoms with Gasteiger partial charge >= 0.3 is 5.97 Å². The van der Waals surface area contributed by atoms with Gasteiger partial charge < -0.3 is 10.8 Å². The van der Waals surface area contributed by atoms with Crippen molar-refractivity contribution in [2.24, 2.45) is 22.5 Å². The minimum absolute atomic E-state index is 0.185. The first-order chi connectivity index (χ1) is 6.82. The molecule has 1 rings (SSSR count). The Balaban J connectivity index is 2.68. The fourth-order valence-corrected chi connectivity index (χ4v) is 2.08. The SMILES string of the molecule is CC(C)(C)CCC(CN)(C(=O)O)C1CC1. The second kappa shape index (κ2) is 4.12. The van der Waals surface area contributed by atoms with E-state index in [1.54, 1.807) is 0 Å². The van der Waals surface area contributed by atoms with E-state index in [4.69, 9.17) is 5.73 Å². The van der Waals surface area contributed by atoms with Gasteiger partial charge in [-0.1, -0.05) is 20.8 Å². The second-order valence-electron chi connectivity index (χ2n) is 6.00. The summed E-state index contributed by atoms with van der Waals surface area (Å²) in [5.74, 6) is -0.376. The van der Waals surface area contributed by atoms with Crippen LogP contribution in [0.5, 0.6) is 0 Å². The van der Waals surface area contributed by atoms with Crippen LogP contribution in [0.1, 0.15) is 46.5 Å². The largest absolute Gasteiger partial charge is 0.481 e. The molecule has 0 bridgehead atoms. The summed E-state index contributed by atoms with van der Waals surface area (Å²) >= 11 is 0. The van der Waals surface area contributed by atoms with Crippen LogP contribution in [0.4, 0.5) is 0 Å². The average molecular weight is 213 g/mol. The van der Waals surface area contributed by atoms with Gasteiger partial charge in [0.25, 0.3) is 0 Å². The second-order valence-corrected chi connectivity index (χ2v) is 6.00. The molecule has 1 aliphatic carbocycles. The molecule has 0 aromatic rings. The van der Waals surface area contributed by atoms with Crippen LogP contribution in [0.15, 0.2) is 0 Å². The normalized spacial score (nSPS) is 21.1. The lowest BCUT2D eigenvalue weighted by molar-refractivity contribution is -0.150. The molecular weight excluding hydrogens is 190 g/mol. The molecule has 3 nitrogen and oxygen atoms in total. The van der Waals surface area contributed by atoms with Crippen LogP contribution in [0.3, 0.4) is 0 Å². The maximum absolute atomic E-state index is 11.4. The number of carboxylic acids is 1. The highest BCUT2D eigenvalue weighted by Crippen LogP contribution is 2.49. The van der Waals surface area contributed by atoms with Crippen LogP contribution < -0.4 is 5.73 Å². The molecule has 3 N–H and O–H groups in total. The fraction of sp³-hybridized carbons (Fsp3) is 0.917. The van der Waals surface area contributed by atoms with Crippen molar-refractivity contribution in [3.8, 4) is 0 Å². The van der Waals surface area contributed by atoms with Gasteiger partial charge in [0.05, 0.1) is 5.41 Å². The van der Waals surface area contributed by atoms with E-state index in [0.717, 1.165) is 19.3 Å². The molecular formula is C12H23NO2. The van der Waals surface area contributed by atoms with Gasteiger partial charge in [-0.15, -0.1) is 0 Å². The molecule has 1 saturated carbocycles. The summed E-state index contributed by atoms with van der Waals surface area (Å²) in [6, 6.07) is 0. The molecule has 1 unspecified atom stereocenters. The number of hydrogen-bond acceptors (Lipinski definition) is 2. The van der Waals surface area contributed by atoms with Crippen LogP contribution in [0.2, 0.25) is 0 Å². The number of nitrogens with two attached hydrogens (primary N) is 1. The molecule has 0 aliphatic heterocycles. The zero-order valence-corrected chi connectivity index (χ0v) is 10.0. The minimum atomic E-state index is -0.697. The summed E-state index contributed by atoms with van der Waals surface area (Å²) in [5.41, 5.74) is 5.24. The average Bonchev–Trinajstić information content (AvgIpc) is 2.87. The van der Waals surface area contributed by atoms with Crippen LogP contribution in [-0.2, 0) is 4.79 Å². The van der Waals surface area contributed by atoms with E-state index in [-0.39, 0.29) is 12.0 Å². The van der Waals surface area contributed by atoms with Crippen LogP contribution in [0.25, 0.3) is 0 Å². The van der Waals surface area contributed by atoms with Gasteiger partial charge in [-0.25, -0.2) is 0 Å². The van der Waals surface area contributed by atoms with E-state index in [0.29, 0.717) is 12.3 Å². The zero-order valence-electron chi connectivity index (χ0n) is 10.0. The highest BCUT2D eigenvalue weighted by molar-refractivity contribution is 5.75. The number of aliphatic carboxylic acids is 1. The van der Waals surface area contributed by atoms with E-state index in [9.17, 15) is 9.90 Å². The summed E-state index contributed by atoms with van der Waals surface area (Å²) in [7, 11) is 0. The van der Waals surface area contributed by atoms with Crippen molar-refractivity contribution >= 4 is 5.97 Å². The summed E-state index contributed by atoms with van der Waals surface area (Å²) in [6.07, 6.45) is 3.71. The molecule has 1 atom stereocenters. The van der Waals surface area contributed by atoms with Gasteiger partial charge in [-0.3, -0.25) is 4.79 Å². The van der Waals surface area contributed by atoms with Crippen molar-refractivity contribution in [1.29, 1.82) is 0 Å². The van der Waals surface area contributed by atoms with E-state index in [2.05, 4.69) is 20.8 Å². The molecule has 0 saturated heterocycles. The number of carbonyl (C=O) groups is 1. The van der Waals surface area contributed by atoms with Crippen LogP contribution >= 0.6 is 0 Å². The summed E-state index contributed by atoms with van der Waals surface area (Å²) in [6.45, 7) is 6.71. The van der Waals surface area contributed by atoms with Crippen molar-refractivity contribution in [3.63, 3.8) is 0 Å². The Hall–Kier alpha value is -0.570. The molecule has 88 valence electrons. The lowest BCUT2D eigenvalue weighted by atomic mass is 9.74. The lowest BCUT2D eigenvalue weighted by Gasteiger charge is -2.31. The molecule has 0 aromatic heterocycles. The third-order valence-electron chi connectivity index (χ3n) is 3.47. The molecule has 3 heteroatoms. The topological polar surface area (TPSA) is 63.3 Å². The third kappa shape index (κ3) is 2.94. The predicted molar refractivity (Wildman–Crippen MR) is 60.5 cm³/mol. The van der Waals surface area contributed by atoms with Gasteiger partial charge in [0.15, 0.2) is 0 Å². The fourth-order valence-electron chi connectivity index (χ4n) is 2.08. The Kier molecular flexibility index (Phi) is 3.44. The molecule has 0 aromatic carbocycles. The van der Waals surface area contributed by atoms with Crippen molar-refractivity contribution < 1.29 is 9.90 Å². The highest BCUT2D eigenvalue weighted by Gasteiger charge is 2.50. The van der Waals surface area contributed by atoms with E-state index in [1.165, 1.54) is 0 Å². The number of carboxylic acid groups (broad SMARTS) is 1. The van der Waals surface area contributed by atoms with Crippen molar-refractivity contribution in [2.75, 3.05) is 6.54 Å². The maximum Gasteiger partial charge on any atom is 0.311 e. The van der Waals surface area contributed by atoms with Gasteiger partial charge in [0, 0.05) is 6.54 Å². The minimum Gasteiger partial charge on any atom is -0.481 e. The third-order valence-corrected chi connectivity index (χ3v) is 3.47. The molecule has 0 heterocycles. The first-order valence-electron chi connectivity index (χ1n) is 5.75. The van der Waals surface area contributed by atoms with E-state index < -0.39 is 11.4 Å². The number of rotatable bonds is 5. The Morgan fingerprint density at radius 1 is 1.33 bits per heavy atom. The standard InChI is InChI=1S/C12H23NO2/c1-11(2,3)6-7-12(8-13,10(14)15)9-4-5-9/h9H,4-8,13H2,1-3H3,(H,14,15). The van der Waals surface area contributed by atoms with E-state index in [1.807, 2.05) is 0 Å². The first-order valence-corrected chi connectivity index (χ1v) is 5.75. The predicted octanol–water partition coefficient (Wildman–Crippen LogP) is 2.25. The van der Waals surface area contributed by atoms with Crippen LogP contribution in [0, 0.1) is 16.7 Å². The zero-order chi connectivity index (χ0) is 11.7.